The van der Waals surface area contributed by atoms with Crippen LogP contribution in [0.2, 0.25) is 0 Å². The third-order valence-electron chi connectivity index (χ3n) is 6.17. The summed E-state index contributed by atoms with van der Waals surface area (Å²) in [6.07, 6.45) is 3.73. The molecule has 226 valence electrons. The number of benzene rings is 1. The Bertz CT molecular complexity index is 975. The maximum absolute atomic E-state index is 13.9. The third kappa shape index (κ3) is 12.4. The highest BCUT2D eigenvalue weighted by molar-refractivity contribution is 5.92. The molecule has 0 aliphatic carbocycles. The summed E-state index contributed by atoms with van der Waals surface area (Å²) in [5.41, 5.74) is 1.64. The quantitative estimate of drug-likeness (QED) is 0.204. The minimum atomic E-state index is -1.31. The Morgan fingerprint density at radius 3 is 2.27 bits per heavy atom. The van der Waals surface area contributed by atoms with E-state index in [-0.39, 0.29) is 26.1 Å². The fraction of sp³-hybridized carbons (Fsp3) is 0.667. The van der Waals surface area contributed by atoms with Crippen LogP contribution in [0.25, 0.3) is 0 Å². The molecule has 0 spiro atoms. The van der Waals surface area contributed by atoms with Gasteiger partial charge in [0, 0.05) is 13.1 Å². The van der Waals surface area contributed by atoms with Gasteiger partial charge in [0.2, 0.25) is 11.8 Å². The smallest absolute Gasteiger partial charge is 0.408 e. The van der Waals surface area contributed by atoms with Gasteiger partial charge < -0.3 is 30.1 Å². The maximum atomic E-state index is 13.9. The lowest BCUT2D eigenvalue weighted by Crippen LogP contribution is -2.54. The fourth-order valence-corrected chi connectivity index (χ4v) is 4.29. The van der Waals surface area contributed by atoms with E-state index in [1.54, 1.807) is 27.7 Å². The number of carbonyl (C=O) groups is 4. The highest BCUT2D eigenvalue weighted by atomic mass is 16.6. The van der Waals surface area contributed by atoms with Crippen LogP contribution < -0.4 is 10.6 Å². The number of hydrogen-bond acceptors (Lipinski definition) is 7. The van der Waals surface area contributed by atoms with Crippen LogP contribution >= 0.6 is 0 Å². The van der Waals surface area contributed by atoms with E-state index in [9.17, 15) is 24.3 Å². The first-order valence-corrected chi connectivity index (χ1v) is 14.3. The number of hydrogen-bond donors (Lipinski definition) is 3. The van der Waals surface area contributed by atoms with E-state index in [4.69, 9.17) is 9.47 Å². The summed E-state index contributed by atoms with van der Waals surface area (Å²) in [5.74, 6) is -1.50. The zero-order chi connectivity index (χ0) is 30.3. The number of alkyl carbamates (subject to hydrolysis) is 1. The minimum Gasteiger partial charge on any atom is -0.466 e. The second kappa shape index (κ2) is 17.5. The average Bonchev–Trinajstić information content (AvgIpc) is 2.86. The van der Waals surface area contributed by atoms with Gasteiger partial charge in [-0.05, 0) is 59.1 Å². The molecule has 2 unspecified atom stereocenters. The minimum absolute atomic E-state index is 0.0103. The number of aryl methyl sites for hydroxylation is 2. The lowest BCUT2D eigenvalue weighted by atomic mass is 9.96. The molecule has 3 N–H and O–H groups in total. The van der Waals surface area contributed by atoms with Gasteiger partial charge in [0.15, 0.2) is 0 Å². The highest BCUT2D eigenvalue weighted by Gasteiger charge is 2.36. The molecule has 0 heterocycles. The first-order chi connectivity index (χ1) is 18.8. The SMILES string of the molecule is CCCCCCCN(C(=O)C(CO)NC(=O)OC(C)(C)C)C(C(=O)NCCC(=O)OCC)c1ccc(C)cc1C. The van der Waals surface area contributed by atoms with Crippen molar-refractivity contribution in [3.63, 3.8) is 0 Å². The van der Waals surface area contributed by atoms with Gasteiger partial charge in [-0.25, -0.2) is 4.79 Å². The second-order valence-electron chi connectivity index (χ2n) is 10.9. The van der Waals surface area contributed by atoms with Gasteiger partial charge in [-0.3, -0.25) is 14.4 Å². The molecule has 1 aromatic carbocycles. The van der Waals surface area contributed by atoms with E-state index in [1.807, 2.05) is 32.0 Å². The number of nitrogens with zero attached hydrogens (tertiary/aromatic N) is 1. The van der Waals surface area contributed by atoms with Crippen molar-refractivity contribution in [3.05, 3.63) is 34.9 Å². The van der Waals surface area contributed by atoms with Crippen molar-refractivity contribution in [1.82, 2.24) is 15.5 Å². The highest BCUT2D eigenvalue weighted by Crippen LogP contribution is 2.27. The fourth-order valence-electron chi connectivity index (χ4n) is 4.29. The van der Waals surface area contributed by atoms with Crippen LogP contribution in [0.1, 0.15) is 95.9 Å². The number of rotatable bonds is 16. The monoisotopic (exact) mass is 563 g/mol. The zero-order valence-corrected chi connectivity index (χ0v) is 25.3. The van der Waals surface area contributed by atoms with Gasteiger partial charge in [-0.15, -0.1) is 0 Å². The number of aliphatic hydroxyl groups is 1. The topological polar surface area (TPSA) is 134 Å². The molecule has 0 radical (unpaired) electrons. The van der Waals surface area contributed by atoms with E-state index >= 15 is 0 Å². The molecule has 1 aromatic rings. The van der Waals surface area contributed by atoms with Gasteiger partial charge >= 0.3 is 12.1 Å². The van der Waals surface area contributed by atoms with Crippen LogP contribution in [0.15, 0.2) is 18.2 Å². The van der Waals surface area contributed by atoms with Crippen molar-refractivity contribution in [2.24, 2.45) is 0 Å². The van der Waals surface area contributed by atoms with Crippen LogP contribution in [0.3, 0.4) is 0 Å². The standard InChI is InChI=1S/C30H49N3O7/c1-8-10-11-12-13-18-33(28(37)24(20-34)32-29(38)40-30(5,6)7)26(23-15-14-21(3)19-22(23)4)27(36)31-17-16-25(35)39-9-2/h14-15,19,24,26,34H,8-13,16-18,20H2,1-7H3,(H,31,36)(H,32,38). The molecule has 2 atom stereocenters. The van der Waals surface area contributed by atoms with E-state index in [0.29, 0.717) is 12.0 Å². The normalized spacial score (nSPS) is 12.7. The number of aliphatic hydroxyl groups excluding tert-OH is 1. The lowest BCUT2D eigenvalue weighted by molar-refractivity contribution is -0.144. The Morgan fingerprint density at radius 2 is 1.70 bits per heavy atom. The van der Waals surface area contributed by atoms with Crippen molar-refractivity contribution in [1.29, 1.82) is 0 Å². The summed E-state index contributed by atoms with van der Waals surface area (Å²) in [6.45, 7) is 12.6. The summed E-state index contributed by atoms with van der Waals surface area (Å²) >= 11 is 0. The summed E-state index contributed by atoms with van der Waals surface area (Å²) in [7, 11) is 0. The maximum Gasteiger partial charge on any atom is 0.408 e. The molecule has 0 saturated heterocycles. The molecule has 1 rings (SSSR count). The van der Waals surface area contributed by atoms with Crippen molar-refractivity contribution < 1.29 is 33.8 Å². The number of esters is 1. The van der Waals surface area contributed by atoms with Gasteiger partial charge in [0.1, 0.15) is 17.7 Å². The zero-order valence-electron chi connectivity index (χ0n) is 25.3. The molecular weight excluding hydrogens is 514 g/mol. The Labute approximate surface area is 239 Å². The lowest BCUT2D eigenvalue weighted by Gasteiger charge is -2.35. The third-order valence-corrected chi connectivity index (χ3v) is 6.17. The van der Waals surface area contributed by atoms with Gasteiger partial charge in [0.25, 0.3) is 0 Å². The van der Waals surface area contributed by atoms with E-state index in [2.05, 4.69) is 17.6 Å². The number of ether oxygens (including phenoxy) is 2. The Hall–Kier alpha value is -3.14. The molecule has 0 aliphatic rings. The number of nitrogens with one attached hydrogen (secondary N) is 2. The molecule has 0 fully saturated rings. The molecule has 0 aliphatic heterocycles. The Morgan fingerprint density at radius 1 is 1.02 bits per heavy atom. The average molecular weight is 564 g/mol. The molecule has 0 saturated carbocycles. The largest absolute Gasteiger partial charge is 0.466 e. The predicted molar refractivity (Wildman–Crippen MR) is 154 cm³/mol. The van der Waals surface area contributed by atoms with Gasteiger partial charge in [-0.2, -0.15) is 0 Å². The van der Waals surface area contributed by atoms with Crippen molar-refractivity contribution in [3.8, 4) is 0 Å². The second-order valence-corrected chi connectivity index (χ2v) is 10.9. The first-order valence-electron chi connectivity index (χ1n) is 14.3. The van der Waals surface area contributed by atoms with Crippen molar-refractivity contribution in [2.45, 2.75) is 105 Å². The van der Waals surface area contributed by atoms with Crippen molar-refractivity contribution in [2.75, 3.05) is 26.3 Å². The van der Waals surface area contributed by atoms with E-state index in [0.717, 1.165) is 36.8 Å². The van der Waals surface area contributed by atoms with Crippen LogP contribution in [0.5, 0.6) is 0 Å². The molecule has 0 bridgehead atoms. The van der Waals surface area contributed by atoms with Crippen molar-refractivity contribution >= 4 is 23.9 Å². The summed E-state index contributed by atoms with van der Waals surface area (Å²) in [4.78, 5) is 53.3. The summed E-state index contributed by atoms with van der Waals surface area (Å²) in [6, 6.07) is 3.25. The number of unbranched alkanes of at least 4 members (excludes halogenated alkanes) is 4. The summed E-state index contributed by atoms with van der Waals surface area (Å²) in [5, 5.41) is 15.3. The molecule has 10 heteroatoms. The van der Waals surface area contributed by atoms with E-state index < -0.39 is 48.2 Å². The number of carbonyl (C=O) groups excluding carboxylic acids is 4. The first kappa shape index (κ1) is 34.9. The Balaban J connectivity index is 3.40. The van der Waals surface area contributed by atoms with Crippen LogP contribution in [-0.4, -0.2) is 71.8 Å². The number of amides is 3. The predicted octanol–water partition coefficient (Wildman–Crippen LogP) is 4.10. The molecular formula is C30H49N3O7. The molecule has 10 nitrogen and oxygen atoms in total. The van der Waals surface area contributed by atoms with Crippen LogP contribution in [0.4, 0.5) is 4.79 Å². The molecule has 3 amide bonds. The van der Waals surface area contributed by atoms with Crippen LogP contribution in [0, 0.1) is 13.8 Å². The molecule has 0 aromatic heterocycles. The van der Waals surface area contributed by atoms with Gasteiger partial charge in [0.05, 0.1) is 19.6 Å². The van der Waals surface area contributed by atoms with Crippen LogP contribution in [-0.2, 0) is 23.9 Å². The Kier molecular flexibility index (Phi) is 15.3. The molecule has 40 heavy (non-hydrogen) atoms. The summed E-state index contributed by atoms with van der Waals surface area (Å²) < 4.78 is 10.2. The van der Waals surface area contributed by atoms with Gasteiger partial charge in [-0.1, -0.05) is 56.4 Å². The van der Waals surface area contributed by atoms with E-state index in [1.165, 1.54) is 4.90 Å².